The monoisotopic (exact) mass is 567 g/mol. The second-order valence-corrected chi connectivity index (χ2v) is 10.0. The summed E-state index contributed by atoms with van der Waals surface area (Å²) in [5.74, 6) is -3.95. The van der Waals surface area contributed by atoms with Crippen LogP contribution in [0, 0.1) is 0 Å². The zero-order valence-electron chi connectivity index (χ0n) is 22.3. The van der Waals surface area contributed by atoms with E-state index in [1.54, 1.807) is 12.3 Å². The lowest BCUT2D eigenvalue weighted by Crippen LogP contribution is -2.45. The standard InChI is InChI=1S/C29H28F3N5O4/c1-17-15-37(16-18(2)41-17)26-8-4-7-23(36-26)24-10-9-20-13-33-22(12-25(20)35-24)14-34-27(38)19-5-3-6-21(11-19)28(39,40)29(30,31)32/h3-13,17-18,39-40H,14-16H2,1-2H3,(H,34,38)/t17-,18+. The van der Waals surface area contributed by atoms with Gasteiger partial charge in [-0.25, -0.2) is 9.97 Å². The molecule has 0 spiro atoms. The number of aromatic nitrogens is 3. The molecule has 1 fully saturated rings. The lowest BCUT2D eigenvalue weighted by Gasteiger charge is -2.36. The molecule has 3 aromatic heterocycles. The molecule has 9 nitrogen and oxygen atoms in total. The van der Waals surface area contributed by atoms with Crippen molar-refractivity contribution in [2.24, 2.45) is 0 Å². The van der Waals surface area contributed by atoms with Gasteiger partial charge in [-0.3, -0.25) is 9.78 Å². The Kier molecular flexibility index (Phi) is 7.64. The van der Waals surface area contributed by atoms with Gasteiger partial charge in [0, 0.05) is 35.8 Å². The van der Waals surface area contributed by atoms with E-state index in [9.17, 15) is 28.2 Å². The van der Waals surface area contributed by atoms with Gasteiger partial charge in [0.15, 0.2) is 0 Å². The van der Waals surface area contributed by atoms with Crippen molar-refractivity contribution in [2.75, 3.05) is 18.0 Å². The fourth-order valence-electron chi connectivity index (χ4n) is 4.72. The Morgan fingerprint density at radius 2 is 1.71 bits per heavy atom. The van der Waals surface area contributed by atoms with Crippen molar-refractivity contribution in [1.82, 2.24) is 20.3 Å². The lowest BCUT2D eigenvalue weighted by molar-refractivity contribution is -0.358. The van der Waals surface area contributed by atoms with E-state index in [1.807, 2.05) is 44.2 Å². The summed E-state index contributed by atoms with van der Waals surface area (Å²) < 4.78 is 44.8. The summed E-state index contributed by atoms with van der Waals surface area (Å²) in [7, 11) is 0. The average Bonchev–Trinajstić information content (AvgIpc) is 2.94. The highest BCUT2D eigenvalue weighted by Crippen LogP contribution is 2.36. The van der Waals surface area contributed by atoms with Crippen LogP contribution in [0.25, 0.3) is 22.3 Å². The Morgan fingerprint density at radius 1 is 1.00 bits per heavy atom. The predicted octanol–water partition coefficient (Wildman–Crippen LogP) is 3.94. The summed E-state index contributed by atoms with van der Waals surface area (Å²) in [6.07, 6.45) is -3.53. The number of aliphatic hydroxyl groups is 2. The minimum absolute atomic E-state index is 0.0330. The van der Waals surface area contributed by atoms with Gasteiger partial charge in [0.25, 0.3) is 11.7 Å². The largest absolute Gasteiger partial charge is 0.447 e. The maximum absolute atomic E-state index is 13.0. The number of halogens is 3. The number of anilines is 1. The van der Waals surface area contributed by atoms with Crippen LogP contribution in [-0.2, 0) is 17.1 Å². The van der Waals surface area contributed by atoms with Gasteiger partial charge in [-0.15, -0.1) is 0 Å². The van der Waals surface area contributed by atoms with Gasteiger partial charge >= 0.3 is 6.18 Å². The zero-order chi connectivity index (χ0) is 29.4. The molecule has 1 amide bonds. The second kappa shape index (κ2) is 11.0. The molecule has 3 N–H and O–H groups in total. The van der Waals surface area contributed by atoms with E-state index < -0.39 is 23.4 Å². The van der Waals surface area contributed by atoms with Crippen LogP contribution >= 0.6 is 0 Å². The summed E-state index contributed by atoms with van der Waals surface area (Å²) in [6, 6.07) is 15.3. The number of hydrogen-bond acceptors (Lipinski definition) is 8. The van der Waals surface area contributed by atoms with Crippen LogP contribution in [0.3, 0.4) is 0 Å². The van der Waals surface area contributed by atoms with Crippen LogP contribution in [0.2, 0.25) is 0 Å². The van der Waals surface area contributed by atoms with Crippen LogP contribution < -0.4 is 10.2 Å². The number of alkyl halides is 3. The molecule has 4 heterocycles. The number of carbonyl (C=O) groups excluding carboxylic acids is 1. The normalized spacial score (nSPS) is 18.0. The molecule has 0 unspecified atom stereocenters. The molecule has 1 saturated heterocycles. The van der Waals surface area contributed by atoms with Gasteiger partial charge in [0.2, 0.25) is 0 Å². The average molecular weight is 568 g/mol. The first-order chi connectivity index (χ1) is 19.4. The number of hydrogen-bond donors (Lipinski definition) is 3. The Hall–Kier alpha value is -4.13. The third kappa shape index (κ3) is 6.14. The number of rotatable bonds is 6. The van der Waals surface area contributed by atoms with Crippen molar-refractivity contribution in [3.8, 4) is 11.4 Å². The maximum Gasteiger partial charge on any atom is 0.447 e. The van der Waals surface area contributed by atoms with Crippen molar-refractivity contribution in [3.05, 3.63) is 83.7 Å². The number of ether oxygens (including phenoxy) is 1. The highest BCUT2D eigenvalue weighted by molar-refractivity contribution is 5.94. The smallest absolute Gasteiger partial charge is 0.372 e. The number of nitrogens with one attached hydrogen (secondary N) is 1. The van der Waals surface area contributed by atoms with E-state index in [-0.39, 0.29) is 24.3 Å². The fourth-order valence-corrected chi connectivity index (χ4v) is 4.72. The van der Waals surface area contributed by atoms with E-state index in [4.69, 9.17) is 14.7 Å². The van der Waals surface area contributed by atoms with Crippen molar-refractivity contribution in [1.29, 1.82) is 0 Å². The molecule has 1 aliphatic heterocycles. The molecule has 1 aromatic carbocycles. The van der Waals surface area contributed by atoms with Gasteiger partial charge in [-0.2, -0.15) is 13.2 Å². The van der Waals surface area contributed by atoms with Crippen LogP contribution in [-0.4, -0.2) is 62.5 Å². The number of fused-ring (bicyclic) bond motifs is 1. The Morgan fingerprint density at radius 3 is 2.44 bits per heavy atom. The second-order valence-electron chi connectivity index (χ2n) is 10.0. The van der Waals surface area contributed by atoms with Gasteiger partial charge in [0.1, 0.15) is 5.82 Å². The van der Waals surface area contributed by atoms with Crippen molar-refractivity contribution in [3.63, 3.8) is 0 Å². The van der Waals surface area contributed by atoms with E-state index in [0.717, 1.165) is 42.5 Å². The van der Waals surface area contributed by atoms with E-state index in [1.165, 1.54) is 6.07 Å². The third-order valence-electron chi connectivity index (χ3n) is 6.72. The number of benzene rings is 1. The summed E-state index contributed by atoms with van der Waals surface area (Å²) >= 11 is 0. The van der Waals surface area contributed by atoms with E-state index >= 15 is 0 Å². The number of nitrogens with zero attached hydrogens (tertiary/aromatic N) is 4. The predicted molar refractivity (Wildman–Crippen MR) is 145 cm³/mol. The molecule has 0 aliphatic carbocycles. The molecular weight excluding hydrogens is 539 g/mol. The minimum atomic E-state index is -5.33. The first-order valence-electron chi connectivity index (χ1n) is 12.9. The zero-order valence-corrected chi connectivity index (χ0v) is 22.3. The van der Waals surface area contributed by atoms with Gasteiger partial charge in [-0.05, 0) is 56.3 Å². The van der Waals surface area contributed by atoms with Crippen molar-refractivity contribution >= 4 is 22.6 Å². The first-order valence-corrected chi connectivity index (χ1v) is 12.9. The summed E-state index contributed by atoms with van der Waals surface area (Å²) in [6.45, 7) is 5.51. The van der Waals surface area contributed by atoms with Crippen LogP contribution in [0.4, 0.5) is 19.0 Å². The fraction of sp³-hybridized carbons (Fsp3) is 0.310. The molecule has 2 atom stereocenters. The number of morpholine rings is 1. The maximum atomic E-state index is 13.0. The highest BCUT2D eigenvalue weighted by Gasteiger charge is 2.54. The number of amides is 1. The Labute approximate surface area is 233 Å². The van der Waals surface area contributed by atoms with Crippen LogP contribution in [0.5, 0.6) is 0 Å². The molecule has 0 saturated carbocycles. The topological polar surface area (TPSA) is 121 Å². The van der Waals surface area contributed by atoms with Gasteiger partial charge < -0.3 is 25.2 Å². The minimum Gasteiger partial charge on any atom is -0.372 e. The third-order valence-corrected chi connectivity index (χ3v) is 6.72. The van der Waals surface area contributed by atoms with Gasteiger partial charge in [-0.1, -0.05) is 18.2 Å². The van der Waals surface area contributed by atoms with E-state index in [2.05, 4.69) is 15.2 Å². The van der Waals surface area contributed by atoms with Gasteiger partial charge in [0.05, 0.1) is 41.4 Å². The molecule has 0 bridgehead atoms. The molecule has 214 valence electrons. The van der Waals surface area contributed by atoms with E-state index in [0.29, 0.717) is 22.6 Å². The number of carbonyl (C=O) groups is 1. The molecule has 0 radical (unpaired) electrons. The lowest BCUT2D eigenvalue weighted by atomic mass is 10.0. The molecule has 4 aromatic rings. The summed E-state index contributed by atoms with van der Waals surface area (Å²) in [4.78, 5) is 28.7. The number of pyridine rings is 3. The molecular formula is C29H28F3N5O4. The molecule has 5 rings (SSSR count). The van der Waals surface area contributed by atoms with Crippen LogP contribution in [0.15, 0.2) is 66.9 Å². The quantitative estimate of drug-likeness (QED) is 0.300. The Balaban J connectivity index is 1.32. The Bertz CT molecular complexity index is 1570. The molecule has 1 aliphatic rings. The summed E-state index contributed by atoms with van der Waals surface area (Å²) in [5, 5.41) is 22.4. The van der Waals surface area contributed by atoms with Crippen LogP contribution in [0.1, 0.15) is 35.5 Å². The van der Waals surface area contributed by atoms with Crippen molar-refractivity contribution < 1.29 is 32.9 Å². The highest BCUT2D eigenvalue weighted by atomic mass is 19.4. The SMILES string of the molecule is C[C@@H]1CN(c2cccc(-c3ccc4cnc(CNC(=O)c5cccc(C(O)(O)C(F)(F)F)c5)cc4n3)n2)C[C@H](C)O1. The van der Waals surface area contributed by atoms with Crippen molar-refractivity contribution in [2.45, 2.75) is 44.6 Å². The molecule has 12 heteroatoms. The first kappa shape index (κ1) is 28.4. The summed E-state index contributed by atoms with van der Waals surface area (Å²) in [5.41, 5.74) is 1.42. The molecule has 41 heavy (non-hydrogen) atoms.